The highest BCUT2D eigenvalue weighted by Crippen LogP contribution is 2.33. The van der Waals surface area contributed by atoms with Gasteiger partial charge >= 0.3 is 0 Å². The van der Waals surface area contributed by atoms with E-state index in [9.17, 15) is 8.42 Å². The Balaban J connectivity index is 2.46. The van der Waals surface area contributed by atoms with Crippen molar-refractivity contribution in [3.05, 3.63) is 42.0 Å². The standard InChI is InChI=1S/C16H19NO5S/c1-11-8-15(22-4)16(10-14(11)21-3)23(18,19)17-12-6-5-7-13(9-12)20-2/h5-10,17H,1-4H3. The number of sulfonamides is 1. The monoisotopic (exact) mass is 337 g/mol. The topological polar surface area (TPSA) is 73.9 Å². The molecule has 0 aliphatic heterocycles. The van der Waals surface area contributed by atoms with Crippen molar-refractivity contribution in [3.63, 3.8) is 0 Å². The van der Waals surface area contributed by atoms with Crippen molar-refractivity contribution in [2.45, 2.75) is 11.8 Å². The maximum Gasteiger partial charge on any atom is 0.265 e. The molecule has 2 rings (SSSR count). The van der Waals surface area contributed by atoms with Gasteiger partial charge in [0.15, 0.2) is 0 Å². The molecular weight excluding hydrogens is 318 g/mol. The number of ether oxygens (including phenoxy) is 3. The van der Waals surface area contributed by atoms with Gasteiger partial charge < -0.3 is 14.2 Å². The fraction of sp³-hybridized carbons (Fsp3) is 0.250. The Labute approximate surface area is 136 Å². The van der Waals surface area contributed by atoms with Crippen LogP contribution in [-0.4, -0.2) is 29.7 Å². The molecule has 0 aliphatic rings. The highest BCUT2D eigenvalue weighted by molar-refractivity contribution is 7.92. The molecule has 0 radical (unpaired) electrons. The molecule has 23 heavy (non-hydrogen) atoms. The number of methoxy groups -OCH3 is 3. The molecule has 2 aromatic rings. The number of benzene rings is 2. The van der Waals surface area contributed by atoms with Crippen LogP contribution in [0.25, 0.3) is 0 Å². The van der Waals surface area contributed by atoms with Crippen LogP contribution >= 0.6 is 0 Å². The molecule has 0 unspecified atom stereocenters. The Morgan fingerprint density at radius 1 is 0.913 bits per heavy atom. The van der Waals surface area contributed by atoms with Crippen LogP contribution in [0.5, 0.6) is 17.2 Å². The Morgan fingerprint density at radius 3 is 2.22 bits per heavy atom. The second kappa shape index (κ2) is 6.78. The molecule has 1 N–H and O–H groups in total. The molecule has 0 saturated heterocycles. The van der Waals surface area contributed by atoms with Gasteiger partial charge in [-0.25, -0.2) is 8.42 Å². The summed E-state index contributed by atoms with van der Waals surface area (Å²) in [6, 6.07) is 9.72. The molecule has 0 bridgehead atoms. The lowest BCUT2D eigenvalue weighted by Crippen LogP contribution is -2.14. The predicted octanol–water partition coefficient (Wildman–Crippen LogP) is 2.82. The third kappa shape index (κ3) is 3.68. The third-order valence-corrected chi connectivity index (χ3v) is 4.70. The lowest BCUT2D eigenvalue weighted by Gasteiger charge is -2.15. The summed E-state index contributed by atoms with van der Waals surface area (Å²) in [7, 11) is 0.584. The second-order valence-electron chi connectivity index (χ2n) is 4.81. The lowest BCUT2D eigenvalue weighted by molar-refractivity contribution is 0.390. The van der Waals surface area contributed by atoms with Crippen LogP contribution in [0.4, 0.5) is 5.69 Å². The van der Waals surface area contributed by atoms with Gasteiger partial charge in [-0.05, 0) is 30.7 Å². The van der Waals surface area contributed by atoms with Crippen LogP contribution < -0.4 is 18.9 Å². The molecular formula is C16H19NO5S. The largest absolute Gasteiger partial charge is 0.497 e. The second-order valence-corrected chi connectivity index (χ2v) is 6.46. The average Bonchev–Trinajstić information content (AvgIpc) is 2.54. The first-order chi connectivity index (χ1) is 10.9. The van der Waals surface area contributed by atoms with Crippen LogP contribution in [0.1, 0.15) is 5.56 Å². The van der Waals surface area contributed by atoms with E-state index in [4.69, 9.17) is 14.2 Å². The van der Waals surface area contributed by atoms with E-state index in [-0.39, 0.29) is 10.6 Å². The van der Waals surface area contributed by atoms with E-state index in [1.807, 2.05) is 6.92 Å². The fourth-order valence-electron chi connectivity index (χ4n) is 2.13. The Morgan fingerprint density at radius 2 is 1.61 bits per heavy atom. The third-order valence-electron chi connectivity index (χ3n) is 3.29. The molecule has 0 saturated carbocycles. The molecule has 2 aromatic carbocycles. The van der Waals surface area contributed by atoms with E-state index in [2.05, 4.69) is 4.72 Å². The van der Waals surface area contributed by atoms with Gasteiger partial charge in [0.2, 0.25) is 0 Å². The van der Waals surface area contributed by atoms with Crippen LogP contribution in [0.2, 0.25) is 0 Å². The highest BCUT2D eigenvalue weighted by Gasteiger charge is 2.22. The number of anilines is 1. The summed E-state index contributed by atoms with van der Waals surface area (Å²) >= 11 is 0. The lowest BCUT2D eigenvalue weighted by atomic mass is 10.2. The minimum Gasteiger partial charge on any atom is -0.497 e. The van der Waals surface area contributed by atoms with Crippen LogP contribution in [0.3, 0.4) is 0 Å². The molecule has 7 heteroatoms. The minimum absolute atomic E-state index is 0.00488. The van der Waals surface area contributed by atoms with Gasteiger partial charge in [0, 0.05) is 12.1 Å². The van der Waals surface area contributed by atoms with E-state index in [1.54, 1.807) is 30.3 Å². The van der Waals surface area contributed by atoms with Gasteiger partial charge in [0.1, 0.15) is 22.1 Å². The van der Waals surface area contributed by atoms with Crippen LogP contribution in [0.15, 0.2) is 41.3 Å². The number of nitrogens with one attached hydrogen (secondary N) is 1. The molecule has 0 aromatic heterocycles. The van der Waals surface area contributed by atoms with E-state index < -0.39 is 10.0 Å². The molecule has 0 aliphatic carbocycles. The van der Waals surface area contributed by atoms with E-state index in [0.717, 1.165) is 5.56 Å². The molecule has 6 nitrogen and oxygen atoms in total. The summed E-state index contributed by atoms with van der Waals surface area (Å²) in [6.07, 6.45) is 0. The van der Waals surface area contributed by atoms with Crippen LogP contribution in [-0.2, 0) is 10.0 Å². The zero-order valence-corrected chi connectivity index (χ0v) is 14.2. The Kier molecular flexibility index (Phi) is 5.00. The Bertz CT molecular complexity index is 802. The van der Waals surface area contributed by atoms with Gasteiger partial charge in [-0.1, -0.05) is 6.07 Å². The van der Waals surface area contributed by atoms with Crippen molar-refractivity contribution in [1.82, 2.24) is 0 Å². The maximum absolute atomic E-state index is 12.7. The molecule has 124 valence electrons. The van der Waals surface area contributed by atoms with Gasteiger partial charge in [-0.2, -0.15) is 0 Å². The SMILES string of the molecule is COc1cccc(NS(=O)(=O)c2cc(OC)c(C)cc2OC)c1. The van der Waals surface area contributed by atoms with E-state index in [1.165, 1.54) is 27.4 Å². The molecule has 0 amide bonds. The van der Waals surface area contributed by atoms with Gasteiger partial charge in [-0.15, -0.1) is 0 Å². The van der Waals surface area contributed by atoms with Crippen molar-refractivity contribution in [2.75, 3.05) is 26.1 Å². The fourth-order valence-corrected chi connectivity index (χ4v) is 3.35. The van der Waals surface area contributed by atoms with Crippen molar-refractivity contribution < 1.29 is 22.6 Å². The number of rotatable bonds is 6. The number of hydrogen-bond acceptors (Lipinski definition) is 5. The van der Waals surface area contributed by atoms with Gasteiger partial charge in [-0.3, -0.25) is 4.72 Å². The van der Waals surface area contributed by atoms with Crippen molar-refractivity contribution >= 4 is 15.7 Å². The zero-order valence-electron chi connectivity index (χ0n) is 13.4. The van der Waals surface area contributed by atoms with Crippen molar-refractivity contribution in [2.24, 2.45) is 0 Å². The maximum atomic E-state index is 12.7. The molecule has 0 heterocycles. The number of aryl methyl sites for hydroxylation is 1. The highest BCUT2D eigenvalue weighted by atomic mass is 32.2. The summed E-state index contributed by atoms with van der Waals surface area (Å²) in [5.74, 6) is 1.27. The predicted molar refractivity (Wildman–Crippen MR) is 88.1 cm³/mol. The first-order valence-electron chi connectivity index (χ1n) is 6.80. The minimum atomic E-state index is -3.84. The Hall–Kier alpha value is -2.41. The first-order valence-corrected chi connectivity index (χ1v) is 8.29. The molecule has 0 atom stereocenters. The van der Waals surface area contributed by atoms with Crippen LogP contribution in [0, 0.1) is 6.92 Å². The normalized spacial score (nSPS) is 11.0. The smallest absolute Gasteiger partial charge is 0.265 e. The van der Waals surface area contributed by atoms with Crippen molar-refractivity contribution in [3.8, 4) is 17.2 Å². The number of hydrogen-bond donors (Lipinski definition) is 1. The molecule has 0 fully saturated rings. The van der Waals surface area contributed by atoms with Crippen molar-refractivity contribution in [1.29, 1.82) is 0 Å². The van der Waals surface area contributed by atoms with Gasteiger partial charge in [0.25, 0.3) is 10.0 Å². The first kappa shape index (κ1) is 17.0. The average molecular weight is 337 g/mol. The van der Waals surface area contributed by atoms with E-state index >= 15 is 0 Å². The molecule has 0 spiro atoms. The summed E-state index contributed by atoms with van der Waals surface area (Å²) in [6.45, 7) is 1.81. The van der Waals surface area contributed by atoms with Gasteiger partial charge in [0.05, 0.1) is 27.0 Å². The summed E-state index contributed by atoms with van der Waals surface area (Å²) in [5.41, 5.74) is 1.18. The summed E-state index contributed by atoms with van der Waals surface area (Å²) in [4.78, 5) is 0.00488. The van der Waals surface area contributed by atoms with E-state index in [0.29, 0.717) is 17.2 Å². The zero-order chi connectivity index (χ0) is 17.0. The quantitative estimate of drug-likeness (QED) is 0.877. The summed E-state index contributed by atoms with van der Waals surface area (Å²) < 4.78 is 43.3. The summed E-state index contributed by atoms with van der Waals surface area (Å²) in [5, 5.41) is 0.